The maximum atomic E-state index is 5.68. The lowest BCUT2D eigenvalue weighted by Crippen LogP contribution is -2.34. The molecule has 20 heavy (non-hydrogen) atoms. The zero-order valence-electron chi connectivity index (χ0n) is 12.3. The van der Waals surface area contributed by atoms with Crippen molar-refractivity contribution in [3.05, 3.63) is 41.1 Å². The van der Waals surface area contributed by atoms with Crippen LogP contribution >= 0.6 is 0 Å². The number of aryl methyl sites for hydroxylation is 2. The number of methoxy groups -OCH3 is 1. The maximum absolute atomic E-state index is 5.68. The van der Waals surface area contributed by atoms with Gasteiger partial charge in [-0.3, -0.25) is 9.58 Å². The van der Waals surface area contributed by atoms with Gasteiger partial charge in [-0.05, 0) is 19.1 Å². The zero-order chi connectivity index (χ0) is 14.1. The number of nitrogens with zero attached hydrogens (tertiary/aromatic N) is 3. The van der Waals surface area contributed by atoms with Crippen LogP contribution in [0.2, 0.25) is 0 Å². The molecule has 0 saturated carbocycles. The minimum absolute atomic E-state index is 0.334. The molecule has 0 aliphatic carbocycles. The molecule has 108 valence electrons. The number of hydrogen-bond donors (Lipinski definition) is 0. The molecule has 1 aliphatic heterocycles. The highest BCUT2D eigenvalue weighted by atomic mass is 16.5. The number of furan rings is 1. The second-order valence-electron chi connectivity index (χ2n) is 5.55. The molecule has 2 aromatic rings. The summed E-state index contributed by atoms with van der Waals surface area (Å²) < 4.78 is 12.9. The summed E-state index contributed by atoms with van der Waals surface area (Å²) in [5.74, 6) is 2.32. The fourth-order valence-electron chi connectivity index (χ4n) is 2.97. The van der Waals surface area contributed by atoms with E-state index in [0.29, 0.717) is 12.5 Å². The third-order valence-corrected chi connectivity index (χ3v) is 3.74. The number of hydrogen-bond acceptors (Lipinski definition) is 4. The van der Waals surface area contributed by atoms with Crippen molar-refractivity contribution in [2.45, 2.75) is 25.9 Å². The minimum Gasteiger partial charge on any atom is -0.465 e. The van der Waals surface area contributed by atoms with Gasteiger partial charge >= 0.3 is 0 Å². The van der Waals surface area contributed by atoms with Crippen LogP contribution in [0.4, 0.5) is 0 Å². The first-order valence-corrected chi connectivity index (χ1v) is 6.94. The fourth-order valence-corrected chi connectivity index (χ4v) is 2.97. The van der Waals surface area contributed by atoms with Gasteiger partial charge in [-0.25, -0.2) is 0 Å². The Morgan fingerprint density at radius 3 is 3.00 bits per heavy atom. The molecule has 0 amide bonds. The van der Waals surface area contributed by atoms with Crippen LogP contribution in [0.1, 0.15) is 28.7 Å². The molecule has 0 N–H and O–H groups in total. The van der Waals surface area contributed by atoms with Gasteiger partial charge in [0, 0.05) is 44.9 Å². The number of ether oxygens (including phenoxy) is 1. The van der Waals surface area contributed by atoms with Crippen molar-refractivity contribution in [2.75, 3.05) is 20.3 Å². The van der Waals surface area contributed by atoms with Crippen LogP contribution in [-0.4, -0.2) is 34.9 Å². The first-order chi connectivity index (χ1) is 9.65. The van der Waals surface area contributed by atoms with Crippen LogP contribution in [-0.2, 0) is 24.9 Å². The van der Waals surface area contributed by atoms with E-state index in [1.807, 2.05) is 24.7 Å². The van der Waals surface area contributed by atoms with Crippen molar-refractivity contribution < 1.29 is 9.15 Å². The third-order valence-electron chi connectivity index (χ3n) is 3.74. The first kappa shape index (κ1) is 13.4. The molecule has 0 bridgehead atoms. The van der Waals surface area contributed by atoms with Crippen LogP contribution < -0.4 is 0 Å². The lowest BCUT2D eigenvalue weighted by Gasteiger charge is -2.30. The molecule has 1 aliphatic rings. The zero-order valence-corrected chi connectivity index (χ0v) is 12.3. The summed E-state index contributed by atoms with van der Waals surface area (Å²) in [4.78, 5) is 2.39. The molecule has 0 unspecified atom stereocenters. The van der Waals surface area contributed by atoms with Crippen molar-refractivity contribution in [2.24, 2.45) is 7.05 Å². The molecule has 3 heterocycles. The molecule has 1 atom stereocenters. The molecule has 5 nitrogen and oxygen atoms in total. The summed E-state index contributed by atoms with van der Waals surface area (Å²) in [7, 11) is 3.72. The fraction of sp³-hybridized carbons (Fsp3) is 0.533. The SMILES string of the molecule is COC[C@H]1CN(Cc2ccc(C)o2)Cc2cn(C)nc21. The topological polar surface area (TPSA) is 43.4 Å². The molecular formula is C15H21N3O2. The first-order valence-electron chi connectivity index (χ1n) is 6.94. The minimum atomic E-state index is 0.334. The van der Waals surface area contributed by atoms with Crippen LogP contribution in [0.3, 0.4) is 0 Å². The molecular weight excluding hydrogens is 254 g/mol. The van der Waals surface area contributed by atoms with E-state index >= 15 is 0 Å². The second kappa shape index (κ2) is 5.42. The van der Waals surface area contributed by atoms with Crippen LogP contribution in [0.25, 0.3) is 0 Å². The predicted molar refractivity (Wildman–Crippen MR) is 75.4 cm³/mol. The summed E-state index contributed by atoms with van der Waals surface area (Å²) in [5.41, 5.74) is 2.48. The van der Waals surface area contributed by atoms with E-state index in [2.05, 4.69) is 22.3 Å². The van der Waals surface area contributed by atoms with Gasteiger partial charge in [-0.1, -0.05) is 0 Å². The predicted octanol–water partition coefficient (Wildman–Crippen LogP) is 2.07. The smallest absolute Gasteiger partial charge is 0.118 e. The van der Waals surface area contributed by atoms with Gasteiger partial charge in [-0.2, -0.15) is 5.10 Å². The molecule has 0 fully saturated rings. The molecule has 2 aromatic heterocycles. The Hall–Kier alpha value is -1.59. The average molecular weight is 275 g/mol. The Kier molecular flexibility index (Phi) is 3.63. The molecule has 3 rings (SSSR count). The molecule has 0 radical (unpaired) electrons. The van der Waals surface area contributed by atoms with Crippen molar-refractivity contribution in [3.63, 3.8) is 0 Å². The van der Waals surface area contributed by atoms with Gasteiger partial charge < -0.3 is 9.15 Å². The van der Waals surface area contributed by atoms with E-state index in [4.69, 9.17) is 9.15 Å². The quantitative estimate of drug-likeness (QED) is 0.856. The Morgan fingerprint density at radius 1 is 1.45 bits per heavy atom. The van der Waals surface area contributed by atoms with Crippen molar-refractivity contribution in [3.8, 4) is 0 Å². The van der Waals surface area contributed by atoms with E-state index in [1.165, 1.54) is 11.3 Å². The van der Waals surface area contributed by atoms with E-state index in [-0.39, 0.29) is 0 Å². The van der Waals surface area contributed by atoms with E-state index in [0.717, 1.165) is 31.2 Å². The van der Waals surface area contributed by atoms with Gasteiger partial charge in [0.25, 0.3) is 0 Å². The molecule has 5 heteroatoms. The van der Waals surface area contributed by atoms with E-state index < -0.39 is 0 Å². The summed E-state index contributed by atoms with van der Waals surface area (Å²) in [6, 6.07) is 4.07. The average Bonchev–Trinajstić information content (AvgIpc) is 2.95. The largest absolute Gasteiger partial charge is 0.465 e. The monoisotopic (exact) mass is 275 g/mol. The number of aromatic nitrogens is 2. The van der Waals surface area contributed by atoms with Gasteiger partial charge in [0.15, 0.2) is 0 Å². The molecule has 0 aromatic carbocycles. The highest BCUT2D eigenvalue weighted by Crippen LogP contribution is 2.28. The van der Waals surface area contributed by atoms with Crippen LogP contribution in [0.15, 0.2) is 22.7 Å². The van der Waals surface area contributed by atoms with E-state index in [1.54, 1.807) is 7.11 Å². The van der Waals surface area contributed by atoms with E-state index in [9.17, 15) is 0 Å². The Morgan fingerprint density at radius 2 is 2.30 bits per heavy atom. The maximum Gasteiger partial charge on any atom is 0.118 e. The highest BCUT2D eigenvalue weighted by molar-refractivity contribution is 5.24. The summed E-state index contributed by atoms with van der Waals surface area (Å²) in [6.45, 7) is 5.40. The van der Waals surface area contributed by atoms with Crippen molar-refractivity contribution in [1.29, 1.82) is 0 Å². The van der Waals surface area contributed by atoms with Crippen LogP contribution in [0.5, 0.6) is 0 Å². The lowest BCUT2D eigenvalue weighted by atomic mass is 9.97. The van der Waals surface area contributed by atoms with Gasteiger partial charge in [0.2, 0.25) is 0 Å². The Balaban J connectivity index is 1.78. The number of rotatable bonds is 4. The Labute approximate surface area is 119 Å². The summed E-state index contributed by atoms with van der Waals surface area (Å²) >= 11 is 0. The lowest BCUT2D eigenvalue weighted by molar-refractivity contribution is 0.130. The normalized spacial score (nSPS) is 19.2. The molecule has 0 spiro atoms. The second-order valence-corrected chi connectivity index (χ2v) is 5.55. The Bertz CT molecular complexity index is 588. The van der Waals surface area contributed by atoms with Gasteiger partial charge in [-0.15, -0.1) is 0 Å². The summed E-state index contributed by atoms with van der Waals surface area (Å²) in [6.07, 6.45) is 2.11. The third kappa shape index (κ3) is 2.64. The van der Waals surface area contributed by atoms with Crippen molar-refractivity contribution in [1.82, 2.24) is 14.7 Å². The van der Waals surface area contributed by atoms with Crippen molar-refractivity contribution >= 4 is 0 Å². The number of fused-ring (bicyclic) bond motifs is 1. The highest BCUT2D eigenvalue weighted by Gasteiger charge is 2.28. The molecule has 0 saturated heterocycles. The van der Waals surface area contributed by atoms with Crippen LogP contribution in [0, 0.1) is 6.92 Å². The van der Waals surface area contributed by atoms with Gasteiger partial charge in [0.1, 0.15) is 11.5 Å². The summed E-state index contributed by atoms with van der Waals surface area (Å²) in [5, 5.41) is 4.58. The van der Waals surface area contributed by atoms with Gasteiger partial charge in [0.05, 0.1) is 18.8 Å². The standard InChI is InChI=1S/C15H21N3O2/c1-11-4-5-14(20-11)9-18-7-12-6-17(2)16-15(12)13(8-18)10-19-3/h4-6,13H,7-10H2,1-3H3/t13-/m1/s1.